The van der Waals surface area contributed by atoms with E-state index in [0.717, 1.165) is 25.3 Å². The van der Waals surface area contributed by atoms with E-state index in [9.17, 15) is 0 Å². The topological polar surface area (TPSA) is 64.3 Å². The fourth-order valence-electron chi connectivity index (χ4n) is 2.48. The summed E-state index contributed by atoms with van der Waals surface area (Å²) in [4.78, 5) is 10.5. The third-order valence-electron chi connectivity index (χ3n) is 3.45. The molecular weight excluding hydrogens is 240 g/mol. The fourth-order valence-corrected chi connectivity index (χ4v) is 2.48. The maximum absolute atomic E-state index is 5.83. The first-order valence-corrected chi connectivity index (χ1v) is 6.26. The molecule has 98 valence electrons. The summed E-state index contributed by atoms with van der Waals surface area (Å²) in [5, 5.41) is 0. The smallest absolute Gasteiger partial charge is 0.204 e. The highest BCUT2D eigenvalue weighted by Crippen LogP contribution is 2.32. The Labute approximate surface area is 112 Å². The maximum atomic E-state index is 5.83. The van der Waals surface area contributed by atoms with Crippen molar-refractivity contribution >= 4 is 11.6 Å². The summed E-state index contributed by atoms with van der Waals surface area (Å²) in [5.74, 6) is 1.71. The van der Waals surface area contributed by atoms with Crippen molar-refractivity contribution in [2.75, 3.05) is 24.3 Å². The summed E-state index contributed by atoms with van der Waals surface area (Å²) in [6, 6.07) is 8.47. The Morgan fingerprint density at radius 2 is 2.00 bits per heavy atom. The number of methoxy groups -OCH3 is 1. The number of ether oxygens (including phenoxy) is 1. The lowest BCUT2D eigenvalue weighted by Gasteiger charge is -2.30. The van der Waals surface area contributed by atoms with E-state index in [1.165, 1.54) is 17.5 Å². The van der Waals surface area contributed by atoms with Gasteiger partial charge in [0.1, 0.15) is 6.33 Å². The zero-order chi connectivity index (χ0) is 13.2. The highest BCUT2D eigenvalue weighted by Gasteiger charge is 2.21. The van der Waals surface area contributed by atoms with Gasteiger partial charge in [-0.3, -0.25) is 0 Å². The van der Waals surface area contributed by atoms with E-state index < -0.39 is 0 Å². The second-order valence-electron chi connectivity index (χ2n) is 4.56. The molecule has 2 N–H and O–H groups in total. The molecule has 1 aromatic carbocycles. The van der Waals surface area contributed by atoms with Crippen LogP contribution in [0.5, 0.6) is 5.75 Å². The molecule has 0 radical (unpaired) electrons. The van der Waals surface area contributed by atoms with Crippen molar-refractivity contribution in [3.63, 3.8) is 0 Å². The van der Waals surface area contributed by atoms with Crippen molar-refractivity contribution in [1.29, 1.82) is 0 Å². The largest absolute Gasteiger partial charge is 0.490 e. The van der Waals surface area contributed by atoms with Crippen molar-refractivity contribution < 1.29 is 4.74 Å². The molecule has 0 saturated carbocycles. The molecule has 3 rings (SSSR count). The number of nitrogen functional groups attached to an aromatic ring is 1. The summed E-state index contributed by atoms with van der Waals surface area (Å²) in [6.07, 6.45) is 2.48. The van der Waals surface area contributed by atoms with E-state index in [0.29, 0.717) is 11.6 Å². The van der Waals surface area contributed by atoms with Gasteiger partial charge in [-0.2, -0.15) is 0 Å². The van der Waals surface area contributed by atoms with Gasteiger partial charge in [0.25, 0.3) is 0 Å². The molecule has 0 amide bonds. The lowest BCUT2D eigenvalue weighted by molar-refractivity contribution is 0.412. The van der Waals surface area contributed by atoms with Crippen LogP contribution >= 0.6 is 0 Å². The Bertz CT molecular complexity index is 600. The molecule has 19 heavy (non-hydrogen) atoms. The van der Waals surface area contributed by atoms with E-state index in [1.807, 2.05) is 0 Å². The second kappa shape index (κ2) is 4.76. The van der Waals surface area contributed by atoms with Gasteiger partial charge in [-0.1, -0.05) is 24.3 Å². The van der Waals surface area contributed by atoms with Crippen molar-refractivity contribution in [2.24, 2.45) is 0 Å². The van der Waals surface area contributed by atoms with Crippen LogP contribution in [0.25, 0.3) is 0 Å². The first kappa shape index (κ1) is 11.8. The predicted octanol–water partition coefficient (Wildman–Crippen LogP) is 1.63. The van der Waals surface area contributed by atoms with Gasteiger partial charge < -0.3 is 15.4 Å². The van der Waals surface area contributed by atoms with Gasteiger partial charge in [0, 0.05) is 13.1 Å². The Kier molecular flexibility index (Phi) is 2.95. The Morgan fingerprint density at radius 1 is 1.21 bits per heavy atom. The van der Waals surface area contributed by atoms with Crippen molar-refractivity contribution in [3.05, 3.63) is 41.7 Å². The van der Waals surface area contributed by atoms with E-state index in [4.69, 9.17) is 10.5 Å². The summed E-state index contributed by atoms with van der Waals surface area (Å²) in [6.45, 7) is 1.73. The van der Waals surface area contributed by atoms with Crippen LogP contribution in [0, 0.1) is 0 Å². The minimum Gasteiger partial charge on any atom is -0.490 e. The standard InChI is InChI=1S/C14H16N4O/c1-19-12-13(15)16-9-17-14(12)18-7-6-10-4-2-3-5-11(10)8-18/h2-5,9H,6-8H2,1H3,(H2,15,16,17). The number of fused-ring (bicyclic) bond motifs is 1. The van der Waals surface area contributed by atoms with Crippen LogP contribution < -0.4 is 15.4 Å². The lowest BCUT2D eigenvalue weighted by atomic mass is 10.00. The fraction of sp³-hybridized carbons (Fsp3) is 0.286. The van der Waals surface area contributed by atoms with Crippen LogP contribution in [0.15, 0.2) is 30.6 Å². The van der Waals surface area contributed by atoms with Crippen LogP contribution in [-0.4, -0.2) is 23.6 Å². The minimum absolute atomic E-state index is 0.381. The first-order chi connectivity index (χ1) is 9.29. The molecule has 0 spiro atoms. The zero-order valence-corrected chi connectivity index (χ0v) is 10.8. The lowest BCUT2D eigenvalue weighted by Crippen LogP contribution is -2.31. The maximum Gasteiger partial charge on any atom is 0.204 e. The number of hydrogen-bond acceptors (Lipinski definition) is 5. The molecule has 0 bridgehead atoms. The number of rotatable bonds is 2. The molecule has 1 aliphatic rings. The molecule has 2 aromatic rings. The Morgan fingerprint density at radius 3 is 2.79 bits per heavy atom. The number of nitrogens with zero attached hydrogens (tertiary/aromatic N) is 3. The number of aromatic nitrogens is 2. The predicted molar refractivity (Wildman–Crippen MR) is 74.2 cm³/mol. The number of nitrogens with two attached hydrogens (primary N) is 1. The van der Waals surface area contributed by atoms with Gasteiger partial charge in [0.2, 0.25) is 5.75 Å². The van der Waals surface area contributed by atoms with Crippen LogP contribution in [0.3, 0.4) is 0 Å². The van der Waals surface area contributed by atoms with Crippen LogP contribution in [0.2, 0.25) is 0 Å². The van der Waals surface area contributed by atoms with E-state index >= 15 is 0 Å². The minimum atomic E-state index is 0.381. The third-order valence-corrected chi connectivity index (χ3v) is 3.45. The van der Waals surface area contributed by atoms with Gasteiger partial charge in [0.05, 0.1) is 7.11 Å². The third kappa shape index (κ3) is 2.07. The van der Waals surface area contributed by atoms with E-state index in [-0.39, 0.29) is 0 Å². The average molecular weight is 256 g/mol. The molecule has 5 heteroatoms. The second-order valence-corrected chi connectivity index (χ2v) is 4.56. The first-order valence-electron chi connectivity index (χ1n) is 6.26. The van der Waals surface area contributed by atoms with Crippen molar-refractivity contribution in [3.8, 4) is 5.75 Å². The molecule has 0 aliphatic carbocycles. The highest BCUT2D eigenvalue weighted by molar-refractivity contribution is 5.63. The quantitative estimate of drug-likeness (QED) is 0.884. The number of anilines is 2. The molecule has 0 fully saturated rings. The van der Waals surface area contributed by atoms with Gasteiger partial charge in [-0.15, -0.1) is 0 Å². The monoisotopic (exact) mass is 256 g/mol. The van der Waals surface area contributed by atoms with Gasteiger partial charge >= 0.3 is 0 Å². The van der Waals surface area contributed by atoms with Crippen molar-refractivity contribution in [1.82, 2.24) is 9.97 Å². The molecule has 2 heterocycles. The number of benzene rings is 1. The summed E-state index contributed by atoms with van der Waals surface area (Å²) < 4.78 is 5.33. The van der Waals surface area contributed by atoms with E-state index in [1.54, 1.807) is 7.11 Å². The van der Waals surface area contributed by atoms with Crippen LogP contribution in [0.4, 0.5) is 11.6 Å². The molecule has 5 nitrogen and oxygen atoms in total. The van der Waals surface area contributed by atoms with Crippen molar-refractivity contribution in [2.45, 2.75) is 13.0 Å². The van der Waals surface area contributed by atoms with Gasteiger partial charge in [0.15, 0.2) is 11.6 Å². The molecular formula is C14H16N4O. The normalized spacial score (nSPS) is 14.1. The molecule has 0 saturated heterocycles. The van der Waals surface area contributed by atoms with Gasteiger partial charge in [-0.05, 0) is 17.5 Å². The molecule has 0 unspecified atom stereocenters. The van der Waals surface area contributed by atoms with E-state index in [2.05, 4.69) is 39.1 Å². The average Bonchev–Trinajstić information content (AvgIpc) is 2.46. The van der Waals surface area contributed by atoms with Gasteiger partial charge in [-0.25, -0.2) is 9.97 Å². The summed E-state index contributed by atoms with van der Waals surface area (Å²) in [7, 11) is 1.59. The highest BCUT2D eigenvalue weighted by atomic mass is 16.5. The molecule has 1 aromatic heterocycles. The molecule has 0 atom stereocenters. The Balaban J connectivity index is 1.95. The van der Waals surface area contributed by atoms with Crippen LogP contribution in [-0.2, 0) is 13.0 Å². The number of hydrogen-bond donors (Lipinski definition) is 1. The summed E-state index contributed by atoms with van der Waals surface area (Å²) in [5.41, 5.74) is 8.56. The zero-order valence-electron chi connectivity index (χ0n) is 10.8. The SMILES string of the molecule is COc1c(N)ncnc1N1CCc2ccccc2C1. The summed E-state index contributed by atoms with van der Waals surface area (Å²) >= 11 is 0. The molecule has 1 aliphatic heterocycles. The Hall–Kier alpha value is -2.30. The van der Waals surface area contributed by atoms with Crippen LogP contribution in [0.1, 0.15) is 11.1 Å².